The van der Waals surface area contributed by atoms with Gasteiger partial charge in [0, 0.05) is 11.9 Å². The van der Waals surface area contributed by atoms with Gasteiger partial charge >= 0.3 is 0 Å². The van der Waals surface area contributed by atoms with Gasteiger partial charge in [0.2, 0.25) is 0 Å². The zero-order chi connectivity index (χ0) is 10.6. The van der Waals surface area contributed by atoms with E-state index in [4.69, 9.17) is 23.2 Å². The third-order valence-corrected chi connectivity index (χ3v) is 2.65. The lowest BCUT2D eigenvalue weighted by Gasteiger charge is -2.07. The van der Waals surface area contributed by atoms with Crippen molar-refractivity contribution in [2.45, 2.75) is 45.0 Å². The smallest absolute Gasteiger partial charge is 0.0817 e. The zero-order valence-corrected chi connectivity index (χ0v) is 10.1. The van der Waals surface area contributed by atoms with Crippen molar-refractivity contribution in [2.24, 2.45) is 0 Å². The second kappa shape index (κ2) is 5.62. The van der Waals surface area contributed by atoms with E-state index < -0.39 is 0 Å². The molecule has 1 heterocycles. The molecule has 0 aliphatic heterocycles. The van der Waals surface area contributed by atoms with Crippen LogP contribution in [0.2, 0.25) is 5.02 Å². The first-order valence-electron chi connectivity index (χ1n) is 4.99. The predicted molar refractivity (Wildman–Crippen MR) is 61.2 cm³/mol. The molecule has 0 N–H and O–H groups in total. The van der Waals surface area contributed by atoms with E-state index in [2.05, 4.69) is 12.0 Å². The Labute approximate surface area is 95.2 Å². The van der Waals surface area contributed by atoms with E-state index in [-0.39, 0.29) is 5.38 Å². The van der Waals surface area contributed by atoms with Crippen LogP contribution >= 0.6 is 23.2 Å². The Balaban J connectivity index is 2.67. The summed E-state index contributed by atoms with van der Waals surface area (Å²) in [6, 6.07) is 0. The van der Waals surface area contributed by atoms with Gasteiger partial charge < -0.3 is 0 Å². The number of rotatable bonds is 5. The van der Waals surface area contributed by atoms with Crippen LogP contribution in [0, 0.1) is 0 Å². The Morgan fingerprint density at radius 2 is 2.29 bits per heavy atom. The van der Waals surface area contributed by atoms with Crippen LogP contribution in [0.3, 0.4) is 0 Å². The highest BCUT2D eigenvalue weighted by atomic mass is 35.5. The number of aromatic nitrogens is 2. The summed E-state index contributed by atoms with van der Waals surface area (Å²) in [5, 5.41) is 5.18. The predicted octanol–water partition coefficient (Wildman–Crippen LogP) is 3.51. The summed E-state index contributed by atoms with van der Waals surface area (Å²) in [6.45, 7) is 5.05. The zero-order valence-electron chi connectivity index (χ0n) is 8.63. The Bertz CT molecular complexity index is 282. The Kier molecular flexibility index (Phi) is 4.76. The van der Waals surface area contributed by atoms with E-state index in [1.807, 2.05) is 11.6 Å². The van der Waals surface area contributed by atoms with Gasteiger partial charge in [-0.05, 0) is 26.2 Å². The molecule has 2 nitrogen and oxygen atoms in total. The maximum atomic E-state index is 6.04. The molecule has 0 saturated carbocycles. The average Bonchev–Trinajstić information content (AvgIpc) is 2.45. The van der Waals surface area contributed by atoms with Crippen LogP contribution in [-0.4, -0.2) is 15.2 Å². The molecule has 0 amide bonds. The van der Waals surface area contributed by atoms with Crippen LogP contribution in [0.1, 0.15) is 32.4 Å². The largest absolute Gasteiger partial charge is 0.268 e. The third kappa shape index (κ3) is 3.18. The molecule has 0 aromatic carbocycles. The van der Waals surface area contributed by atoms with Gasteiger partial charge in [0.05, 0.1) is 16.9 Å². The number of alkyl halides is 1. The number of hydrogen-bond acceptors (Lipinski definition) is 1. The van der Waals surface area contributed by atoms with Gasteiger partial charge in [-0.15, -0.1) is 11.6 Å². The lowest BCUT2D eigenvalue weighted by atomic mass is 10.2. The van der Waals surface area contributed by atoms with Gasteiger partial charge in [0.25, 0.3) is 0 Å². The molecule has 0 aliphatic rings. The van der Waals surface area contributed by atoms with Crippen LogP contribution in [0.5, 0.6) is 0 Å². The highest BCUT2D eigenvalue weighted by Gasteiger charge is 2.09. The van der Waals surface area contributed by atoms with Crippen molar-refractivity contribution in [1.82, 2.24) is 9.78 Å². The maximum Gasteiger partial charge on any atom is 0.0817 e. The summed E-state index contributed by atoms with van der Waals surface area (Å²) >= 11 is 11.9. The van der Waals surface area contributed by atoms with Crippen molar-refractivity contribution >= 4 is 23.2 Å². The first-order valence-corrected chi connectivity index (χ1v) is 5.80. The molecular weight excluding hydrogens is 219 g/mol. The molecule has 1 rings (SSSR count). The minimum Gasteiger partial charge on any atom is -0.268 e. The molecule has 1 atom stereocenters. The third-order valence-electron chi connectivity index (χ3n) is 2.11. The molecule has 14 heavy (non-hydrogen) atoms. The van der Waals surface area contributed by atoms with Crippen molar-refractivity contribution < 1.29 is 0 Å². The van der Waals surface area contributed by atoms with Crippen molar-refractivity contribution in [3.05, 3.63) is 16.9 Å². The molecular formula is C10H16Cl2N2. The molecule has 1 unspecified atom stereocenters. The highest BCUT2D eigenvalue weighted by molar-refractivity contribution is 6.31. The number of nitrogens with zero attached hydrogens (tertiary/aromatic N) is 2. The Morgan fingerprint density at radius 3 is 2.86 bits per heavy atom. The molecule has 0 bridgehead atoms. The van der Waals surface area contributed by atoms with Crippen LogP contribution < -0.4 is 0 Å². The second-order valence-electron chi connectivity index (χ2n) is 3.48. The highest BCUT2D eigenvalue weighted by Crippen LogP contribution is 2.18. The van der Waals surface area contributed by atoms with Gasteiger partial charge in [-0.2, -0.15) is 5.10 Å². The molecule has 0 aliphatic carbocycles. The molecule has 4 heteroatoms. The summed E-state index contributed by atoms with van der Waals surface area (Å²) in [5.74, 6) is 0. The van der Waals surface area contributed by atoms with Crippen LogP contribution in [-0.2, 0) is 13.0 Å². The summed E-state index contributed by atoms with van der Waals surface area (Å²) in [7, 11) is 0. The molecule has 80 valence electrons. The number of halogens is 2. The van der Waals surface area contributed by atoms with Gasteiger partial charge in [-0.25, -0.2) is 0 Å². The molecule has 0 fully saturated rings. The summed E-state index contributed by atoms with van der Waals surface area (Å²) in [5.41, 5.74) is 1.11. The van der Waals surface area contributed by atoms with Gasteiger partial charge in [0.1, 0.15) is 0 Å². The van der Waals surface area contributed by atoms with E-state index >= 15 is 0 Å². The van der Waals surface area contributed by atoms with Gasteiger partial charge in [0.15, 0.2) is 0 Å². The van der Waals surface area contributed by atoms with E-state index in [0.29, 0.717) is 0 Å². The minimum absolute atomic E-state index is 0.191. The van der Waals surface area contributed by atoms with Crippen molar-refractivity contribution in [2.75, 3.05) is 0 Å². The van der Waals surface area contributed by atoms with Crippen molar-refractivity contribution in [1.29, 1.82) is 0 Å². The normalized spacial score (nSPS) is 13.1. The van der Waals surface area contributed by atoms with E-state index in [9.17, 15) is 0 Å². The van der Waals surface area contributed by atoms with Crippen molar-refractivity contribution in [3.63, 3.8) is 0 Å². The summed E-state index contributed by atoms with van der Waals surface area (Å²) in [4.78, 5) is 0. The van der Waals surface area contributed by atoms with Crippen LogP contribution in [0.25, 0.3) is 0 Å². The fourth-order valence-corrected chi connectivity index (χ4v) is 1.72. The Hall–Kier alpha value is -0.210. The molecule has 0 saturated heterocycles. The molecule has 0 spiro atoms. The SMILES string of the molecule is CCCn1ncc(Cl)c1CCC(C)Cl. The van der Waals surface area contributed by atoms with E-state index in [1.54, 1.807) is 6.20 Å². The fourth-order valence-electron chi connectivity index (χ4n) is 1.38. The fraction of sp³-hybridized carbons (Fsp3) is 0.700. The first-order chi connectivity index (χ1) is 6.65. The van der Waals surface area contributed by atoms with Gasteiger partial charge in [-0.3, -0.25) is 4.68 Å². The Morgan fingerprint density at radius 1 is 1.57 bits per heavy atom. The molecule has 1 aromatic rings. The standard InChI is InChI=1S/C10H16Cl2N2/c1-3-6-14-10(5-4-8(2)11)9(12)7-13-14/h7-8H,3-6H2,1-2H3. The lowest BCUT2D eigenvalue weighted by molar-refractivity contribution is 0.566. The monoisotopic (exact) mass is 234 g/mol. The first kappa shape index (κ1) is 11.9. The number of hydrogen-bond donors (Lipinski definition) is 0. The number of aryl methyl sites for hydroxylation is 1. The molecule has 1 aromatic heterocycles. The quantitative estimate of drug-likeness (QED) is 0.714. The molecule has 0 radical (unpaired) electrons. The minimum atomic E-state index is 0.191. The maximum absolute atomic E-state index is 6.04. The topological polar surface area (TPSA) is 17.8 Å². The van der Waals surface area contributed by atoms with E-state index in [0.717, 1.165) is 36.5 Å². The van der Waals surface area contributed by atoms with E-state index in [1.165, 1.54) is 0 Å². The summed E-state index contributed by atoms with van der Waals surface area (Å²) in [6.07, 6.45) is 4.63. The summed E-state index contributed by atoms with van der Waals surface area (Å²) < 4.78 is 1.97. The lowest BCUT2D eigenvalue weighted by Crippen LogP contribution is -2.06. The van der Waals surface area contributed by atoms with Gasteiger partial charge in [-0.1, -0.05) is 18.5 Å². The average molecular weight is 235 g/mol. The van der Waals surface area contributed by atoms with Crippen LogP contribution in [0.4, 0.5) is 0 Å². The van der Waals surface area contributed by atoms with Crippen LogP contribution in [0.15, 0.2) is 6.20 Å². The van der Waals surface area contributed by atoms with Crippen molar-refractivity contribution in [3.8, 4) is 0 Å². The second-order valence-corrected chi connectivity index (χ2v) is 4.63.